The zero-order valence-electron chi connectivity index (χ0n) is 5.21. The van der Waals surface area contributed by atoms with Gasteiger partial charge >= 0.3 is 0 Å². The Labute approximate surface area is 71.0 Å². The van der Waals surface area contributed by atoms with Crippen LogP contribution < -0.4 is 0 Å². The van der Waals surface area contributed by atoms with Gasteiger partial charge < -0.3 is 0 Å². The van der Waals surface area contributed by atoms with Crippen LogP contribution in [-0.4, -0.2) is 9.31 Å². The van der Waals surface area contributed by atoms with Gasteiger partial charge in [-0.05, 0) is 13.8 Å². The summed E-state index contributed by atoms with van der Waals surface area (Å²) in [4.78, 5) is 10.6. The molecule has 0 heterocycles. The van der Waals surface area contributed by atoms with Crippen molar-refractivity contribution in [3.63, 3.8) is 0 Å². The van der Waals surface area contributed by atoms with Crippen molar-refractivity contribution in [2.75, 3.05) is 0 Å². The minimum Gasteiger partial charge on any atom is -0.286 e. The van der Waals surface area contributed by atoms with Crippen molar-refractivity contribution in [1.82, 2.24) is 0 Å². The molecule has 52 valence electrons. The van der Waals surface area contributed by atoms with Crippen molar-refractivity contribution in [2.24, 2.45) is 5.41 Å². The van der Waals surface area contributed by atoms with Gasteiger partial charge in [-0.1, -0.05) is 12.2 Å². The van der Waals surface area contributed by atoms with Crippen molar-refractivity contribution in [1.29, 1.82) is 0 Å². The molecule has 0 aliphatic heterocycles. The lowest BCUT2D eigenvalue weighted by molar-refractivity contribution is -0.115. The smallest absolute Gasteiger partial charge is 0.197 e. The van der Waals surface area contributed by atoms with Crippen LogP contribution in [-0.2, 0) is 4.79 Å². The van der Waals surface area contributed by atoms with E-state index >= 15 is 0 Å². The molecule has 1 nitrogen and oxygen atoms in total. The molecule has 0 aliphatic carbocycles. The molecule has 0 fully saturated rings. The number of carbonyl (C=O) groups excluding carboxylic acids is 1. The quantitative estimate of drug-likeness (QED) is 0.497. The van der Waals surface area contributed by atoms with E-state index in [0.717, 1.165) is 0 Å². The molecule has 9 heavy (non-hydrogen) atoms. The van der Waals surface area contributed by atoms with E-state index in [1.165, 1.54) is 0 Å². The molecule has 0 saturated heterocycles. The topological polar surface area (TPSA) is 17.1 Å². The van der Waals surface area contributed by atoms with E-state index in [2.05, 4.69) is 25.3 Å². The SMILES string of the molecule is CC(C)(C(=O)S)C(=S)S. The Bertz CT molecular complexity index is 134. The standard InChI is InChI=1S/C5H8OS3/c1-5(2,3(6)7)4(8)9/h1-2H3,(H,6,7)(H,8,9). The van der Waals surface area contributed by atoms with Crippen LogP contribution >= 0.6 is 37.5 Å². The molecule has 0 unspecified atom stereocenters. The van der Waals surface area contributed by atoms with Crippen LogP contribution in [0.3, 0.4) is 0 Å². The Morgan fingerprint density at radius 2 is 1.78 bits per heavy atom. The van der Waals surface area contributed by atoms with E-state index < -0.39 is 5.41 Å². The number of thiocarbonyl (C=S) groups is 1. The lowest BCUT2D eigenvalue weighted by atomic mass is 9.99. The fraction of sp³-hybridized carbons (Fsp3) is 0.600. The molecular formula is C5H8OS3. The molecule has 0 N–H and O–H groups in total. The van der Waals surface area contributed by atoms with Gasteiger partial charge in [0.2, 0.25) is 0 Å². The number of hydrogen-bond donors (Lipinski definition) is 2. The monoisotopic (exact) mass is 180 g/mol. The Balaban J connectivity index is 4.38. The summed E-state index contributed by atoms with van der Waals surface area (Å²) in [5.41, 5.74) is -0.679. The Kier molecular flexibility index (Phi) is 3.19. The molecule has 0 radical (unpaired) electrons. The molecular weight excluding hydrogens is 172 g/mol. The van der Waals surface area contributed by atoms with Crippen molar-refractivity contribution >= 4 is 46.8 Å². The molecule has 0 aromatic rings. The van der Waals surface area contributed by atoms with Gasteiger partial charge in [0.05, 0.1) is 9.61 Å². The van der Waals surface area contributed by atoms with Crippen molar-refractivity contribution < 1.29 is 4.79 Å². The average molecular weight is 180 g/mol. The molecule has 4 heteroatoms. The highest BCUT2D eigenvalue weighted by Gasteiger charge is 2.27. The Hall–Kier alpha value is 0.460. The van der Waals surface area contributed by atoms with Crippen LogP contribution in [0.15, 0.2) is 0 Å². The minimum atomic E-state index is -0.679. The van der Waals surface area contributed by atoms with Crippen LogP contribution in [0.4, 0.5) is 0 Å². The predicted molar refractivity (Wildman–Crippen MR) is 49.4 cm³/mol. The molecule has 0 atom stereocenters. The normalized spacial score (nSPS) is 11.1. The van der Waals surface area contributed by atoms with Crippen molar-refractivity contribution in [2.45, 2.75) is 13.8 Å². The fourth-order valence-corrected chi connectivity index (χ4v) is 0.561. The summed E-state index contributed by atoms with van der Waals surface area (Å²) in [6.07, 6.45) is 0. The van der Waals surface area contributed by atoms with Crippen LogP contribution in [0, 0.1) is 5.41 Å². The van der Waals surface area contributed by atoms with Gasteiger partial charge in [-0.2, -0.15) is 0 Å². The lowest BCUT2D eigenvalue weighted by Gasteiger charge is -2.16. The van der Waals surface area contributed by atoms with Gasteiger partial charge in [0, 0.05) is 0 Å². The molecule has 0 aliphatic rings. The van der Waals surface area contributed by atoms with Crippen molar-refractivity contribution in [3.8, 4) is 0 Å². The molecule has 0 bridgehead atoms. The zero-order chi connectivity index (χ0) is 7.65. The minimum absolute atomic E-state index is 0.248. The van der Waals surface area contributed by atoms with Gasteiger partial charge in [-0.3, -0.25) is 4.79 Å². The largest absolute Gasteiger partial charge is 0.286 e. The summed E-state index contributed by atoms with van der Waals surface area (Å²) >= 11 is 12.2. The van der Waals surface area contributed by atoms with Crippen LogP contribution in [0.2, 0.25) is 0 Å². The summed E-state index contributed by atoms with van der Waals surface area (Å²) in [5.74, 6) is 0. The highest BCUT2D eigenvalue weighted by atomic mass is 32.1. The Morgan fingerprint density at radius 3 is 1.78 bits per heavy atom. The second-order valence-electron chi connectivity index (χ2n) is 2.24. The number of thiol groups is 2. The third-order valence-electron chi connectivity index (χ3n) is 1.07. The molecule has 0 amide bonds. The van der Waals surface area contributed by atoms with E-state index in [1.807, 2.05) is 0 Å². The number of rotatable bonds is 2. The highest BCUT2D eigenvalue weighted by Crippen LogP contribution is 2.22. The summed E-state index contributed by atoms with van der Waals surface area (Å²) in [6.45, 7) is 3.38. The maximum absolute atomic E-state index is 10.6. The first-order valence-electron chi connectivity index (χ1n) is 2.36. The Morgan fingerprint density at radius 1 is 1.44 bits per heavy atom. The molecule has 0 aromatic heterocycles. The van der Waals surface area contributed by atoms with E-state index in [9.17, 15) is 4.79 Å². The third kappa shape index (κ3) is 2.27. The first-order valence-corrected chi connectivity index (χ1v) is 3.66. The third-order valence-corrected chi connectivity index (χ3v) is 2.70. The summed E-state index contributed by atoms with van der Waals surface area (Å²) in [7, 11) is 0. The van der Waals surface area contributed by atoms with E-state index in [4.69, 9.17) is 12.2 Å². The van der Waals surface area contributed by atoms with Crippen LogP contribution in [0.25, 0.3) is 0 Å². The summed E-state index contributed by atoms with van der Waals surface area (Å²) in [5, 5.41) is -0.248. The zero-order valence-corrected chi connectivity index (χ0v) is 7.82. The predicted octanol–water partition coefficient (Wildman–Crippen LogP) is 1.73. The van der Waals surface area contributed by atoms with Crippen LogP contribution in [0.5, 0.6) is 0 Å². The van der Waals surface area contributed by atoms with Gasteiger partial charge in [0.1, 0.15) is 0 Å². The second kappa shape index (κ2) is 3.03. The van der Waals surface area contributed by atoms with Gasteiger partial charge in [0.25, 0.3) is 0 Å². The highest BCUT2D eigenvalue weighted by molar-refractivity contribution is 8.11. The van der Waals surface area contributed by atoms with Crippen LogP contribution in [0.1, 0.15) is 13.8 Å². The van der Waals surface area contributed by atoms with E-state index in [-0.39, 0.29) is 5.12 Å². The summed E-state index contributed by atoms with van der Waals surface area (Å²) in [6, 6.07) is 0. The maximum atomic E-state index is 10.6. The number of carbonyl (C=O) groups is 1. The first-order chi connectivity index (χ1) is 3.89. The fourth-order valence-electron chi connectivity index (χ4n) is 0.0915. The first kappa shape index (κ1) is 9.46. The lowest BCUT2D eigenvalue weighted by Crippen LogP contribution is -2.25. The van der Waals surface area contributed by atoms with E-state index in [1.54, 1.807) is 13.8 Å². The molecule has 0 spiro atoms. The average Bonchev–Trinajstić information content (AvgIpc) is 1.65. The summed E-state index contributed by atoms with van der Waals surface area (Å²) < 4.78 is 0.377. The second-order valence-corrected chi connectivity index (χ2v) is 3.80. The van der Waals surface area contributed by atoms with Gasteiger partial charge in [-0.15, -0.1) is 25.3 Å². The molecule has 0 aromatic carbocycles. The molecule has 0 saturated carbocycles. The van der Waals surface area contributed by atoms with Gasteiger partial charge in [0.15, 0.2) is 5.12 Å². The van der Waals surface area contributed by atoms with Gasteiger partial charge in [-0.25, -0.2) is 0 Å². The van der Waals surface area contributed by atoms with E-state index in [0.29, 0.717) is 4.20 Å². The number of hydrogen-bond acceptors (Lipinski definition) is 2. The molecule has 0 rings (SSSR count). The maximum Gasteiger partial charge on any atom is 0.197 e. The van der Waals surface area contributed by atoms with Crippen molar-refractivity contribution in [3.05, 3.63) is 0 Å².